The number of benzene rings is 1. The van der Waals surface area contributed by atoms with Gasteiger partial charge in [0.1, 0.15) is 5.78 Å². The van der Waals surface area contributed by atoms with Crippen LogP contribution in [0.3, 0.4) is 0 Å². The Labute approximate surface area is 108 Å². The van der Waals surface area contributed by atoms with E-state index < -0.39 is 29.6 Å². The van der Waals surface area contributed by atoms with Gasteiger partial charge in [0, 0.05) is 5.92 Å². The zero-order chi connectivity index (χ0) is 14.6. The number of ketones is 2. The van der Waals surface area contributed by atoms with E-state index in [9.17, 15) is 22.8 Å². The van der Waals surface area contributed by atoms with Crippen LogP contribution in [0, 0.1) is 5.92 Å². The number of carbonyl (C=O) groups is 2. The van der Waals surface area contributed by atoms with E-state index in [0.717, 1.165) is 6.92 Å². The van der Waals surface area contributed by atoms with Crippen molar-refractivity contribution in [1.29, 1.82) is 0 Å². The summed E-state index contributed by atoms with van der Waals surface area (Å²) in [6.45, 7) is 4.41. The Kier molecular flexibility index (Phi) is 4.64. The van der Waals surface area contributed by atoms with Gasteiger partial charge >= 0.3 is 6.18 Å². The number of rotatable bonds is 5. The first kappa shape index (κ1) is 15.1. The van der Waals surface area contributed by atoms with Gasteiger partial charge in [-0.2, -0.15) is 13.2 Å². The van der Waals surface area contributed by atoms with Crippen LogP contribution >= 0.6 is 0 Å². The largest absolute Gasteiger partial charge is 0.450 e. The Balaban J connectivity index is 3.21. The summed E-state index contributed by atoms with van der Waals surface area (Å²) < 4.78 is 37.6. The standard InChI is InChI=1S/C14H13F3O2/c1-3-11(10-7-5-4-6-8-10)12(9(2)18)13(19)14(15,16)17/h3-8,11-12H,1H2,2H3. The van der Waals surface area contributed by atoms with Crippen LogP contribution in [-0.4, -0.2) is 17.7 Å². The number of carbonyl (C=O) groups excluding carboxylic acids is 2. The molecule has 2 unspecified atom stereocenters. The van der Waals surface area contributed by atoms with Crippen LogP contribution in [0.2, 0.25) is 0 Å². The zero-order valence-electron chi connectivity index (χ0n) is 10.3. The molecule has 2 nitrogen and oxygen atoms in total. The monoisotopic (exact) mass is 270 g/mol. The first-order valence-corrected chi connectivity index (χ1v) is 5.58. The van der Waals surface area contributed by atoms with E-state index in [1.54, 1.807) is 30.3 Å². The third-order valence-corrected chi connectivity index (χ3v) is 2.80. The van der Waals surface area contributed by atoms with Crippen LogP contribution in [0.15, 0.2) is 43.0 Å². The van der Waals surface area contributed by atoms with E-state index in [1.165, 1.54) is 6.08 Å². The highest BCUT2D eigenvalue weighted by Crippen LogP contribution is 2.32. The molecule has 0 saturated heterocycles. The lowest BCUT2D eigenvalue weighted by atomic mass is 9.81. The van der Waals surface area contributed by atoms with Gasteiger partial charge in [0.2, 0.25) is 5.78 Å². The van der Waals surface area contributed by atoms with Crippen LogP contribution in [-0.2, 0) is 9.59 Å². The van der Waals surface area contributed by atoms with E-state index in [0.29, 0.717) is 5.56 Å². The van der Waals surface area contributed by atoms with Gasteiger partial charge in [-0.3, -0.25) is 9.59 Å². The molecule has 0 spiro atoms. The van der Waals surface area contributed by atoms with Gasteiger partial charge in [-0.05, 0) is 12.5 Å². The molecule has 19 heavy (non-hydrogen) atoms. The topological polar surface area (TPSA) is 34.1 Å². The highest BCUT2D eigenvalue weighted by atomic mass is 19.4. The molecule has 0 heterocycles. The van der Waals surface area contributed by atoms with Gasteiger partial charge in [0.15, 0.2) is 0 Å². The van der Waals surface area contributed by atoms with Crippen molar-refractivity contribution in [2.24, 2.45) is 5.92 Å². The molecule has 0 bridgehead atoms. The van der Waals surface area contributed by atoms with E-state index in [4.69, 9.17) is 0 Å². The molecular weight excluding hydrogens is 257 g/mol. The molecule has 1 aromatic rings. The predicted octanol–water partition coefficient (Wildman–Crippen LogP) is 3.29. The molecule has 0 aromatic heterocycles. The van der Waals surface area contributed by atoms with Gasteiger partial charge < -0.3 is 0 Å². The zero-order valence-corrected chi connectivity index (χ0v) is 10.3. The van der Waals surface area contributed by atoms with E-state index in [1.807, 2.05) is 0 Å². The van der Waals surface area contributed by atoms with Crippen LogP contribution in [0.1, 0.15) is 18.4 Å². The quantitative estimate of drug-likeness (QED) is 0.607. The second-order valence-electron chi connectivity index (χ2n) is 4.12. The molecule has 5 heteroatoms. The molecular formula is C14H13F3O2. The van der Waals surface area contributed by atoms with E-state index in [-0.39, 0.29) is 0 Å². The van der Waals surface area contributed by atoms with Crippen molar-refractivity contribution >= 4 is 11.6 Å². The molecule has 2 atom stereocenters. The first-order valence-electron chi connectivity index (χ1n) is 5.58. The Morgan fingerprint density at radius 1 is 1.21 bits per heavy atom. The summed E-state index contributed by atoms with van der Waals surface area (Å²) >= 11 is 0. The number of halogens is 3. The maximum absolute atomic E-state index is 12.5. The summed E-state index contributed by atoms with van der Waals surface area (Å²) in [6.07, 6.45) is -3.84. The molecule has 1 rings (SSSR count). The minimum absolute atomic E-state index is 0.454. The number of hydrogen-bond donors (Lipinski definition) is 0. The fourth-order valence-electron chi connectivity index (χ4n) is 1.92. The maximum Gasteiger partial charge on any atom is 0.450 e. The Bertz CT molecular complexity index is 477. The second-order valence-corrected chi connectivity index (χ2v) is 4.12. The molecule has 0 aliphatic heterocycles. The van der Waals surface area contributed by atoms with E-state index in [2.05, 4.69) is 6.58 Å². The molecule has 0 aliphatic carbocycles. The van der Waals surface area contributed by atoms with Crippen LogP contribution in [0.25, 0.3) is 0 Å². The summed E-state index contributed by atoms with van der Waals surface area (Å²) in [7, 11) is 0. The summed E-state index contributed by atoms with van der Waals surface area (Å²) in [6, 6.07) is 8.07. The van der Waals surface area contributed by atoms with Gasteiger partial charge in [0.05, 0.1) is 5.92 Å². The second kappa shape index (κ2) is 5.82. The minimum Gasteiger partial charge on any atom is -0.299 e. The first-order chi connectivity index (χ1) is 8.79. The van der Waals surface area contributed by atoms with Crippen molar-refractivity contribution in [3.63, 3.8) is 0 Å². The summed E-state index contributed by atoms with van der Waals surface area (Å²) in [5.41, 5.74) is 0.454. The average molecular weight is 270 g/mol. The van der Waals surface area contributed by atoms with Crippen molar-refractivity contribution in [1.82, 2.24) is 0 Å². The summed E-state index contributed by atoms with van der Waals surface area (Å²) in [4.78, 5) is 22.8. The van der Waals surface area contributed by atoms with Gasteiger partial charge in [-0.25, -0.2) is 0 Å². The Morgan fingerprint density at radius 2 is 1.74 bits per heavy atom. The molecule has 0 amide bonds. The summed E-state index contributed by atoms with van der Waals surface area (Å²) in [5.74, 6) is -5.61. The fraction of sp³-hybridized carbons (Fsp3) is 0.286. The number of Topliss-reactive ketones (excluding diaryl/α,β-unsaturated/α-hetero) is 2. The lowest BCUT2D eigenvalue weighted by Crippen LogP contribution is -2.37. The lowest BCUT2D eigenvalue weighted by molar-refractivity contribution is -0.177. The third kappa shape index (κ3) is 3.53. The van der Waals surface area contributed by atoms with Crippen LogP contribution < -0.4 is 0 Å². The third-order valence-electron chi connectivity index (χ3n) is 2.80. The normalized spacial score (nSPS) is 14.5. The highest BCUT2D eigenvalue weighted by molar-refractivity contribution is 6.05. The predicted molar refractivity (Wildman–Crippen MR) is 64.6 cm³/mol. The highest BCUT2D eigenvalue weighted by Gasteiger charge is 2.47. The minimum atomic E-state index is -5.04. The van der Waals surface area contributed by atoms with Gasteiger partial charge in [-0.1, -0.05) is 36.4 Å². The Hall–Kier alpha value is -1.91. The van der Waals surface area contributed by atoms with Crippen molar-refractivity contribution in [3.05, 3.63) is 48.6 Å². The average Bonchev–Trinajstić information content (AvgIpc) is 2.34. The lowest BCUT2D eigenvalue weighted by Gasteiger charge is -2.22. The molecule has 0 aliphatic rings. The maximum atomic E-state index is 12.5. The van der Waals surface area contributed by atoms with Gasteiger partial charge in [-0.15, -0.1) is 6.58 Å². The summed E-state index contributed by atoms with van der Waals surface area (Å²) in [5, 5.41) is 0. The molecule has 102 valence electrons. The molecule has 1 aromatic carbocycles. The van der Waals surface area contributed by atoms with Crippen molar-refractivity contribution < 1.29 is 22.8 Å². The van der Waals surface area contributed by atoms with Gasteiger partial charge in [0.25, 0.3) is 0 Å². The van der Waals surface area contributed by atoms with E-state index >= 15 is 0 Å². The smallest absolute Gasteiger partial charge is 0.299 e. The van der Waals surface area contributed by atoms with Crippen molar-refractivity contribution in [3.8, 4) is 0 Å². The molecule has 0 fully saturated rings. The Morgan fingerprint density at radius 3 is 2.11 bits per heavy atom. The van der Waals surface area contributed by atoms with Crippen LogP contribution in [0.4, 0.5) is 13.2 Å². The SMILES string of the molecule is C=CC(c1ccccc1)C(C(C)=O)C(=O)C(F)(F)F. The number of alkyl halides is 3. The molecule has 0 radical (unpaired) electrons. The molecule has 0 saturated carbocycles. The van der Waals surface area contributed by atoms with Crippen molar-refractivity contribution in [2.45, 2.75) is 19.0 Å². The fourth-order valence-corrected chi connectivity index (χ4v) is 1.92. The van der Waals surface area contributed by atoms with Crippen molar-refractivity contribution in [2.75, 3.05) is 0 Å². The molecule has 0 N–H and O–H groups in total. The number of hydrogen-bond acceptors (Lipinski definition) is 2. The number of allylic oxidation sites excluding steroid dienone is 1. The van der Waals surface area contributed by atoms with Crippen LogP contribution in [0.5, 0.6) is 0 Å².